The Morgan fingerprint density at radius 2 is 1.76 bits per heavy atom. The van der Waals surface area contributed by atoms with Gasteiger partial charge in [0.2, 0.25) is 0 Å². The monoisotopic (exact) mass is 412 g/mol. The molecule has 4 N–H and O–H groups in total. The molecule has 1 saturated carbocycles. The fraction of sp³-hybridized carbons (Fsp3) is 0.571. The Bertz CT molecular complexity index is 467. The molecule has 0 aromatic heterocycles. The predicted molar refractivity (Wildman–Crippen MR) is 97.6 cm³/mol. The lowest BCUT2D eigenvalue weighted by atomic mass is 9.57. The van der Waals surface area contributed by atoms with Gasteiger partial charge in [-0.1, -0.05) is 35.2 Å². The van der Waals surface area contributed by atoms with E-state index < -0.39 is 5.34 Å². The van der Waals surface area contributed by atoms with Crippen molar-refractivity contribution in [3.8, 4) is 0 Å². The lowest BCUT2D eigenvalue weighted by molar-refractivity contribution is 0.354. The molecule has 1 fully saturated rings. The summed E-state index contributed by atoms with van der Waals surface area (Å²) in [5.74, 6) is 0. The highest BCUT2D eigenvalue weighted by Crippen LogP contribution is 2.33. The molecule has 0 bridgehead atoms. The summed E-state index contributed by atoms with van der Waals surface area (Å²) in [6.07, 6.45) is 5.98. The molecule has 0 unspecified atom stereocenters. The first kappa shape index (κ1) is 19.1. The molecule has 1 aliphatic rings. The smallest absolute Gasteiger partial charge is 0.0885 e. The Balaban J connectivity index is 0.00000106. The Morgan fingerprint density at radius 3 is 2.33 bits per heavy atom. The van der Waals surface area contributed by atoms with Crippen molar-refractivity contribution < 1.29 is 5.11 Å². The zero-order valence-electron chi connectivity index (χ0n) is 12.2. The molecule has 0 amide bonds. The van der Waals surface area contributed by atoms with Crippen LogP contribution in [0.5, 0.6) is 0 Å². The topological polar surface area (TPSA) is 58.3 Å². The SMILES string of the molecule is CO.[B]C([B])(NC1CCCCC1)c1cc(Br)cc(Br)c1N. The highest BCUT2D eigenvalue weighted by atomic mass is 79.9. The summed E-state index contributed by atoms with van der Waals surface area (Å²) >= 11 is 6.86. The fourth-order valence-electron chi connectivity index (χ4n) is 2.59. The molecule has 21 heavy (non-hydrogen) atoms. The maximum atomic E-state index is 7.00. The van der Waals surface area contributed by atoms with Crippen LogP contribution in [-0.2, 0) is 5.34 Å². The van der Waals surface area contributed by atoms with E-state index >= 15 is 0 Å². The average molecular weight is 414 g/mol. The van der Waals surface area contributed by atoms with Gasteiger partial charge in [0.1, 0.15) is 0 Å². The highest BCUT2D eigenvalue weighted by Gasteiger charge is 2.27. The number of benzene rings is 1. The summed E-state index contributed by atoms with van der Waals surface area (Å²) in [5.41, 5.74) is 7.36. The van der Waals surface area contributed by atoms with Crippen LogP contribution in [0.15, 0.2) is 21.1 Å². The predicted octanol–water partition coefficient (Wildman–Crippen LogP) is 2.77. The van der Waals surface area contributed by atoms with Crippen LogP contribution in [-0.4, -0.2) is 34.0 Å². The van der Waals surface area contributed by atoms with Gasteiger partial charge in [-0.15, -0.1) is 0 Å². The maximum Gasteiger partial charge on any atom is 0.0885 e. The van der Waals surface area contributed by atoms with Gasteiger partial charge in [-0.25, -0.2) is 0 Å². The summed E-state index contributed by atoms with van der Waals surface area (Å²) in [4.78, 5) is 0. The standard InChI is InChI=1S/C13H16B2Br2N2.CH4O/c14-13(15,19-9-4-2-1-3-5-9)10-6-8(16)7-11(17)12(10)18;1-2/h6-7,9,19H,1-5,18H2;2H,1H3. The maximum absolute atomic E-state index is 7.00. The first-order valence-electron chi connectivity index (χ1n) is 6.95. The molecule has 1 aliphatic carbocycles. The summed E-state index contributed by atoms with van der Waals surface area (Å²) in [6, 6.07) is 4.12. The minimum atomic E-state index is -1.11. The first-order chi connectivity index (χ1) is 9.90. The number of nitrogens with one attached hydrogen (secondary N) is 1. The molecule has 0 aliphatic heterocycles. The molecule has 1 aromatic rings. The van der Waals surface area contributed by atoms with Crippen molar-refractivity contribution in [3.63, 3.8) is 0 Å². The second-order valence-electron chi connectivity index (χ2n) is 5.20. The summed E-state index contributed by atoms with van der Waals surface area (Å²) in [6.45, 7) is 0. The van der Waals surface area contributed by atoms with Gasteiger partial charge < -0.3 is 16.2 Å². The molecule has 0 atom stereocenters. The van der Waals surface area contributed by atoms with Crippen molar-refractivity contribution in [2.24, 2.45) is 0 Å². The van der Waals surface area contributed by atoms with Gasteiger partial charge in [-0.2, -0.15) is 0 Å². The minimum absolute atomic E-state index is 0.362. The van der Waals surface area contributed by atoms with Crippen molar-refractivity contribution in [3.05, 3.63) is 26.6 Å². The van der Waals surface area contributed by atoms with Gasteiger partial charge in [0.25, 0.3) is 0 Å². The quantitative estimate of drug-likeness (QED) is 0.527. The second kappa shape index (κ2) is 8.61. The summed E-state index contributed by atoms with van der Waals surface area (Å²) in [5, 5.41) is 9.23. The molecule has 2 rings (SSSR count). The van der Waals surface area contributed by atoms with E-state index in [1.165, 1.54) is 19.3 Å². The third-order valence-corrected chi connectivity index (χ3v) is 4.70. The third kappa shape index (κ3) is 5.31. The molecular weight excluding hydrogens is 394 g/mol. The number of halogens is 2. The van der Waals surface area contributed by atoms with Crippen molar-refractivity contribution in [1.29, 1.82) is 0 Å². The Morgan fingerprint density at radius 1 is 1.19 bits per heavy atom. The summed E-state index contributed by atoms with van der Waals surface area (Å²) in [7, 11) is 13.5. The van der Waals surface area contributed by atoms with Crippen LogP contribution in [0.25, 0.3) is 0 Å². The van der Waals surface area contributed by atoms with Gasteiger partial charge >= 0.3 is 0 Å². The zero-order valence-corrected chi connectivity index (χ0v) is 15.4. The van der Waals surface area contributed by atoms with Crippen LogP contribution in [0.1, 0.15) is 37.7 Å². The first-order valence-corrected chi connectivity index (χ1v) is 8.54. The van der Waals surface area contributed by atoms with E-state index in [1.54, 1.807) is 0 Å². The number of aliphatic hydroxyl groups is 1. The van der Waals surface area contributed by atoms with Crippen molar-refractivity contribution in [2.75, 3.05) is 12.8 Å². The minimum Gasteiger partial charge on any atom is -0.400 e. The zero-order chi connectivity index (χ0) is 16.0. The van der Waals surface area contributed by atoms with Gasteiger partial charge in [0.15, 0.2) is 0 Å². The molecular formula is C14H20B2Br2N2O. The number of nitrogens with two attached hydrogens (primary N) is 1. The summed E-state index contributed by atoms with van der Waals surface area (Å²) < 4.78 is 1.69. The number of hydrogen-bond donors (Lipinski definition) is 3. The van der Waals surface area contributed by atoms with Crippen LogP contribution < -0.4 is 11.1 Å². The second-order valence-corrected chi connectivity index (χ2v) is 6.97. The Kier molecular flexibility index (Phi) is 7.82. The third-order valence-electron chi connectivity index (χ3n) is 3.59. The van der Waals surface area contributed by atoms with Gasteiger partial charge in [-0.3, -0.25) is 0 Å². The molecule has 1 aromatic carbocycles. The number of rotatable bonds is 3. The Labute approximate surface area is 146 Å². The largest absolute Gasteiger partial charge is 0.400 e. The van der Waals surface area contributed by atoms with Crippen LogP contribution in [0, 0.1) is 0 Å². The Hall–Kier alpha value is 0.0299. The van der Waals surface area contributed by atoms with E-state index in [1.807, 2.05) is 12.1 Å². The number of anilines is 1. The van der Waals surface area contributed by atoms with E-state index in [4.69, 9.17) is 26.5 Å². The lowest BCUT2D eigenvalue weighted by Crippen LogP contribution is -2.50. The van der Waals surface area contributed by atoms with Crippen LogP contribution in [0.3, 0.4) is 0 Å². The average Bonchev–Trinajstić information content (AvgIpc) is 2.45. The molecule has 112 valence electrons. The van der Waals surface area contributed by atoms with E-state index in [9.17, 15) is 0 Å². The lowest BCUT2D eigenvalue weighted by Gasteiger charge is -2.36. The fourth-order valence-corrected chi connectivity index (χ4v) is 3.81. The van der Waals surface area contributed by atoms with Gasteiger partial charge in [-0.05, 0) is 51.8 Å². The van der Waals surface area contributed by atoms with E-state index in [-0.39, 0.29) is 0 Å². The van der Waals surface area contributed by atoms with Crippen molar-refractivity contribution in [1.82, 2.24) is 5.32 Å². The van der Waals surface area contributed by atoms with Crippen LogP contribution in [0.2, 0.25) is 0 Å². The molecule has 0 saturated heterocycles. The molecule has 0 spiro atoms. The van der Waals surface area contributed by atoms with E-state index in [0.717, 1.165) is 28.9 Å². The van der Waals surface area contributed by atoms with Crippen LogP contribution >= 0.6 is 31.9 Å². The molecule has 0 heterocycles. The molecule has 7 heteroatoms. The van der Waals surface area contributed by atoms with Crippen LogP contribution in [0.4, 0.5) is 5.69 Å². The number of hydrogen-bond acceptors (Lipinski definition) is 3. The van der Waals surface area contributed by atoms with E-state index in [2.05, 4.69) is 37.2 Å². The highest BCUT2D eigenvalue weighted by molar-refractivity contribution is 9.11. The van der Waals surface area contributed by atoms with Gasteiger partial charge in [0, 0.05) is 27.8 Å². The normalized spacial score (nSPS) is 16.2. The van der Waals surface area contributed by atoms with Crippen molar-refractivity contribution >= 4 is 53.2 Å². The molecule has 3 nitrogen and oxygen atoms in total. The molecule has 4 radical (unpaired) electrons. The van der Waals surface area contributed by atoms with E-state index in [0.29, 0.717) is 17.3 Å². The number of nitrogen functional groups attached to an aromatic ring is 1. The number of aliphatic hydroxyl groups excluding tert-OH is 1. The van der Waals surface area contributed by atoms with Gasteiger partial charge in [0.05, 0.1) is 15.7 Å². The van der Waals surface area contributed by atoms with Crippen molar-refractivity contribution in [2.45, 2.75) is 43.5 Å².